The summed E-state index contributed by atoms with van der Waals surface area (Å²) in [6.07, 6.45) is 3.66. The SMILES string of the molecule is O=C(Nc1cccc(F)c1)c1cccc(NC(=O)c2cccc(S(=O)(=O)N3CCCCCC3)c2)c1. The van der Waals surface area contributed by atoms with Crippen molar-refractivity contribution < 1.29 is 22.4 Å². The molecule has 2 N–H and O–H groups in total. The van der Waals surface area contributed by atoms with Crippen molar-refractivity contribution in [3.8, 4) is 0 Å². The third kappa shape index (κ3) is 6.12. The Morgan fingerprint density at radius 2 is 1.26 bits per heavy atom. The summed E-state index contributed by atoms with van der Waals surface area (Å²) in [5.41, 5.74) is 1.13. The summed E-state index contributed by atoms with van der Waals surface area (Å²) in [6.45, 7) is 0.951. The maximum absolute atomic E-state index is 13.4. The number of nitrogens with one attached hydrogen (secondary N) is 2. The molecule has 0 aromatic heterocycles. The van der Waals surface area contributed by atoms with E-state index in [0.29, 0.717) is 24.5 Å². The number of benzene rings is 3. The van der Waals surface area contributed by atoms with Gasteiger partial charge in [-0.1, -0.05) is 31.0 Å². The predicted molar refractivity (Wildman–Crippen MR) is 132 cm³/mol. The highest BCUT2D eigenvalue weighted by Gasteiger charge is 2.25. The summed E-state index contributed by atoms with van der Waals surface area (Å²) >= 11 is 0. The van der Waals surface area contributed by atoms with Gasteiger partial charge in [-0.15, -0.1) is 0 Å². The van der Waals surface area contributed by atoms with Crippen LogP contribution in [0.3, 0.4) is 0 Å². The fourth-order valence-electron chi connectivity index (χ4n) is 3.94. The van der Waals surface area contributed by atoms with E-state index in [1.54, 1.807) is 30.3 Å². The van der Waals surface area contributed by atoms with Crippen molar-refractivity contribution in [2.24, 2.45) is 0 Å². The summed E-state index contributed by atoms with van der Waals surface area (Å²) in [5.74, 6) is -1.43. The maximum atomic E-state index is 13.4. The molecule has 0 unspecified atom stereocenters. The van der Waals surface area contributed by atoms with E-state index in [1.807, 2.05) is 0 Å². The molecule has 1 saturated heterocycles. The van der Waals surface area contributed by atoms with Crippen LogP contribution in [0.2, 0.25) is 0 Å². The first-order valence-electron chi connectivity index (χ1n) is 11.4. The summed E-state index contributed by atoms with van der Waals surface area (Å²) in [4.78, 5) is 25.5. The lowest BCUT2D eigenvalue weighted by atomic mass is 10.1. The van der Waals surface area contributed by atoms with Crippen LogP contribution >= 0.6 is 0 Å². The van der Waals surface area contributed by atoms with Gasteiger partial charge < -0.3 is 10.6 Å². The Labute approximate surface area is 204 Å². The molecule has 0 bridgehead atoms. The summed E-state index contributed by atoms with van der Waals surface area (Å²) < 4.78 is 41.0. The van der Waals surface area contributed by atoms with Crippen LogP contribution in [0.5, 0.6) is 0 Å². The molecule has 182 valence electrons. The highest BCUT2D eigenvalue weighted by Crippen LogP contribution is 2.22. The first-order valence-corrected chi connectivity index (χ1v) is 12.9. The molecule has 7 nitrogen and oxygen atoms in total. The van der Waals surface area contributed by atoms with Gasteiger partial charge in [0.25, 0.3) is 11.8 Å². The van der Waals surface area contributed by atoms with Gasteiger partial charge in [-0.05, 0) is 67.4 Å². The van der Waals surface area contributed by atoms with Crippen LogP contribution in [-0.4, -0.2) is 37.6 Å². The van der Waals surface area contributed by atoms with E-state index >= 15 is 0 Å². The molecular formula is C26H26FN3O4S. The normalized spacial score (nSPS) is 14.7. The minimum atomic E-state index is -3.69. The minimum Gasteiger partial charge on any atom is -0.322 e. The van der Waals surface area contributed by atoms with E-state index in [0.717, 1.165) is 25.7 Å². The lowest BCUT2D eigenvalue weighted by Gasteiger charge is -2.20. The molecule has 1 heterocycles. The quantitative estimate of drug-likeness (QED) is 0.509. The van der Waals surface area contributed by atoms with E-state index in [4.69, 9.17) is 0 Å². The van der Waals surface area contributed by atoms with Gasteiger partial charge in [-0.2, -0.15) is 4.31 Å². The average Bonchev–Trinajstić information content (AvgIpc) is 3.15. The predicted octanol–water partition coefficient (Wildman–Crippen LogP) is 4.90. The van der Waals surface area contributed by atoms with Gasteiger partial charge >= 0.3 is 0 Å². The van der Waals surface area contributed by atoms with Crippen LogP contribution in [0, 0.1) is 5.82 Å². The van der Waals surface area contributed by atoms with Crippen molar-refractivity contribution in [3.05, 3.63) is 89.7 Å². The van der Waals surface area contributed by atoms with Gasteiger partial charge in [-0.25, -0.2) is 12.8 Å². The number of sulfonamides is 1. The minimum absolute atomic E-state index is 0.0790. The molecule has 1 fully saturated rings. The van der Waals surface area contributed by atoms with Gasteiger partial charge in [0.1, 0.15) is 5.82 Å². The first-order chi connectivity index (χ1) is 16.8. The van der Waals surface area contributed by atoms with Crippen LogP contribution in [0.15, 0.2) is 77.7 Å². The molecule has 1 aliphatic heterocycles. The van der Waals surface area contributed by atoms with Crippen molar-refractivity contribution in [1.82, 2.24) is 4.31 Å². The number of rotatable bonds is 6. The zero-order valence-electron chi connectivity index (χ0n) is 19.0. The van der Waals surface area contributed by atoms with Crippen LogP contribution < -0.4 is 10.6 Å². The van der Waals surface area contributed by atoms with Crippen LogP contribution in [0.1, 0.15) is 46.4 Å². The molecule has 0 aliphatic carbocycles. The monoisotopic (exact) mass is 495 g/mol. The van der Waals surface area contributed by atoms with Gasteiger partial charge in [0.2, 0.25) is 10.0 Å². The van der Waals surface area contributed by atoms with Crippen molar-refractivity contribution >= 4 is 33.2 Å². The van der Waals surface area contributed by atoms with Gasteiger partial charge in [0.05, 0.1) is 4.90 Å². The number of halogens is 1. The van der Waals surface area contributed by atoms with E-state index in [2.05, 4.69) is 10.6 Å². The fourth-order valence-corrected chi connectivity index (χ4v) is 5.50. The number of carbonyl (C=O) groups is 2. The van der Waals surface area contributed by atoms with E-state index in [-0.39, 0.29) is 16.0 Å². The topological polar surface area (TPSA) is 95.6 Å². The number of hydrogen-bond acceptors (Lipinski definition) is 4. The molecule has 0 atom stereocenters. The van der Waals surface area contributed by atoms with Crippen molar-refractivity contribution in [1.29, 1.82) is 0 Å². The fraction of sp³-hybridized carbons (Fsp3) is 0.231. The molecule has 35 heavy (non-hydrogen) atoms. The summed E-state index contributed by atoms with van der Waals surface area (Å²) in [5, 5.41) is 5.32. The van der Waals surface area contributed by atoms with Crippen LogP contribution in [0.25, 0.3) is 0 Å². The highest BCUT2D eigenvalue weighted by molar-refractivity contribution is 7.89. The molecule has 0 radical (unpaired) electrons. The number of carbonyl (C=O) groups excluding carboxylic acids is 2. The molecule has 0 spiro atoms. The van der Waals surface area contributed by atoms with E-state index < -0.39 is 27.7 Å². The zero-order valence-corrected chi connectivity index (χ0v) is 19.9. The first kappa shape index (κ1) is 24.6. The van der Waals surface area contributed by atoms with Crippen molar-refractivity contribution in [2.75, 3.05) is 23.7 Å². The van der Waals surface area contributed by atoms with Crippen LogP contribution in [-0.2, 0) is 10.0 Å². The molecule has 1 aliphatic rings. The number of hydrogen-bond donors (Lipinski definition) is 2. The largest absolute Gasteiger partial charge is 0.322 e. The smallest absolute Gasteiger partial charge is 0.255 e. The Hall–Kier alpha value is -3.56. The second kappa shape index (κ2) is 10.8. The molecule has 3 aromatic carbocycles. The summed E-state index contributed by atoms with van der Waals surface area (Å²) in [7, 11) is -3.69. The molecule has 4 rings (SSSR count). The van der Waals surface area contributed by atoms with Gasteiger partial charge in [0, 0.05) is 35.6 Å². The Morgan fingerprint density at radius 3 is 1.89 bits per heavy atom. The Morgan fingerprint density at radius 1 is 0.714 bits per heavy atom. The lowest BCUT2D eigenvalue weighted by molar-refractivity contribution is 0.101. The molecule has 2 amide bonds. The second-order valence-corrected chi connectivity index (χ2v) is 10.3. The Balaban J connectivity index is 1.48. The van der Waals surface area contributed by atoms with Gasteiger partial charge in [0.15, 0.2) is 0 Å². The van der Waals surface area contributed by atoms with E-state index in [9.17, 15) is 22.4 Å². The Bertz CT molecular complexity index is 1340. The maximum Gasteiger partial charge on any atom is 0.255 e. The third-order valence-electron chi connectivity index (χ3n) is 5.76. The van der Waals surface area contributed by atoms with E-state index in [1.165, 1.54) is 46.8 Å². The van der Waals surface area contributed by atoms with Gasteiger partial charge in [-0.3, -0.25) is 9.59 Å². The second-order valence-electron chi connectivity index (χ2n) is 8.35. The lowest BCUT2D eigenvalue weighted by Crippen LogP contribution is -2.32. The van der Waals surface area contributed by atoms with Crippen LogP contribution in [0.4, 0.5) is 15.8 Å². The standard InChI is InChI=1S/C26H26FN3O4S/c27-21-10-7-12-23(18-21)29-25(31)19-8-5-11-22(16-19)28-26(32)20-9-6-13-24(17-20)35(33,34)30-14-3-1-2-4-15-30/h5-13,16-18H,1-4,14-15H2,(H,28,32)(H,29,31). The number of nitrogens with zero attached hydrogens (tertiary/aromatic N) is 1. The third-order valence-corrected chi connectivity index (χ3v) is 7.66. The number of anilines is 2. The zero-order chi connectivity index (χ0) is 24.8. The Kier molecular flexibility index (Phi) is 7.57. The highest BCUT2D eigenvalue weighted by atomic mass is 32.2. The number of amides is 2. The molecule has 0 saturated carbocycles. The average molecular weight is 496 g/mol. The van der Waals surface area contributed by atoms with Crippen molar-refractivity contribution in [2.45, 2.75) is 30.6 Å². The van der Waals surface area contributed by atoms with Crippen molar-refractivity contribution in [3.63, 3.8) is 0 Å². The molecule has 3 aromatic rings. The molecular weight excluding hydrogens is 469 g/mol. The summed E-state index contributed by atoms with van der Waals surface area (Å²) in [6, 6.07) is 17.8. The molecule has 9 heteroatoms.